The maximum atomic E-state index is 5.69. The average molecular weight is 289 g/mol. The average Bonchev–Trinajstić information content (AvgIpc) is 2.67. The van der Waals surface area contributed by atoms with Crippen LogP contribution in [0.2, 0.25) is 10.6 Å². The van der Waals surface area contributed by atoms with Gasteiger partial charge in [-0.15, -0.1) is 0 Å². The van der Waals surface area contributed by atoms with Gasteiger partial charge in [-0.25, -0.2) is 0 Å². The van der Waals surface area contributed by atoms with Crippen LogP contribution in [-0.4, -0.2) is 21.0 Å². The molecule has 90 valence electrons. The Morgan fingerprint density at radius 3 is 2.59 bits per heavy atom. The number of hydrogen-bond acceptors (Lipinski definition) is 5. The first-order valence-corrected chi connectivity index (χ1v) is 6.68. The highest BCUT2D eigenvalue weighted by Gasteiger charge is 2.08. The number of hydrogen-bond donors (Lipinski definition) is 1. The molecule has 0 amide bonds. The minimum absolute atomic E-state index is 0.0928. The number of aromatic nitrogens is 3. The maximum absolute atomic E-state index is 5.69. The zero-order valence-corrected chi connectivity index (χ0v) is 11.4. The van der Waals surface area contributed by atoms with Crippen molar-refractivity contribution in [3.8, 4) is 0 Å². The molecule has 0 aliphatic carbocycles. The van der Waals surface area contributed by atoms with Crippen LogP contribution in [0, 0.1) is 0 Å². The van der Waals surface area contributed by atoms with E-state index in [1.165, 1.54) is 5.56 Å². The highest BCUT2D eigenvalue weighted by Crippen LogP contribution is 2.13. The van der Waals surface area contributed by atoms with Gasteiger partial charge in [0.25, 0.3) is 0 Å². The first kappa shape index (κ1) is 12.5. The van der Waals surface area contributed by atoms with E-state index in [0.29, 0.717) is 5.95 Å². The van der Waals surface area contributed by atoms with E-state index < -0.39 is 0 Å². The quantitative estimate of drug-likeness (QED) is 0.938. The number of halogens is 2. The van der Waals surface area contributed by atoms with Crippen LogP contribution in [0.15, 0.2) is 16.8 Å². The van der Waals surface area contributed by atoms with Crippen molar-refractivity contribution in [3.63, 3.8) is 0 Å². The summed E-state index contributed by atoms with van der Waals surface area (Å²) in [6, 6.07) is 2.29. The van der Waals surface area contributed by atoms with Crippen LogP contribution in [0.3, 0.4) is 0 Å². The lowest BCUT2D eigenvalue weighted by molar-refractivity contribution is 0.776. The third-order valence-electron chi connectivity index (χ3n) is 2.08. The van der Waals surface area contributed by atoms with Crippen molar-refractivity contribution in [2.75, 3.05) is 5.32 Å². The van der Waals surface area contributed by atoms with Gasteiger partial charge in [0.15, 0.2) is 0 Å². The Morgan fingerprint density at radius 2 is 2.00 bits per heavy atom. The highest BCUT2D eigenvalue weighted by molar-refractivity contribution is 7.07. The van der Waals surface area contributed by atoms with Gasteiger partial charge in [-0.1, -0.05) is 0 Å². The molecule has 2 aromatic rings. The molecule has 4 nitrogen and oxygen atoms in total. The Hall–Kier alpha value is -0.910. The van der Waals surface area contributed by atoms with Gasteiger partial charge in [-0.2, -0.15) is 26.3 Å². The Kier molecular flexibility index (Phi) is 4.15. The molecule has 0 saturated heterocycles. The number of nitrogens with zero attached hydrogens (tertiary/aromatic N) is 3. The van der Waals surface area contributed by atoms with E-state index in [9.17, 15) is 0 Å². The standard InChI is InChI=1S/C10H10Cl2N4S/c1-6(4-7-2-3-17-5-7)13-10-15-8(11)14-9(12)16-10/h2-3,5-6H,4H2,1H3,(H,13,14,15,16). The van der Waals surface area contributed by atoms with E-state index in [-0.39, 0.29) is 16.6 Å². The molecule has 0 bridgehead atoms. The molecular weight excluding hydrogens is 279 g/mol. The lowest BCUT2D eigenvalue weighted by Crippen LogP contribution is -2.19. The Labute approximate surface area is 113 Å². The summed E-state index contributed by atoms with van der Waals surface area (Å²) in [6.07, 6.45) is 0.893. The summed E-state index contributed by atoms with van der Waals surface area (Å²) < 4.78 is 0. The zero-order valence-electron chi connectivity index (χ0n) is 9.02. The Balaban J connectivity index is 2.00. The first-order valence-electron chi connectivity index (χ1n) is 4.98. The van der Waals surface area contributed by atoms with Crippen LogP contribution < -0.4 is 5.32 Å². The van der Waals surface area contributed by atoms with Gasteiger partial charge < -0.3 is 5.32 Å². The Bertz CT molecular complexity index is 469. The normalized spacial score (nSPS) is 12.4. The molecule has 0 radical (unpaired) electrons. The molecule has 7 heteroatoms. The van der Waals surface area contributed by atoms with Crippen LogP contribution in [0.1, 0.15) is 12.5 Å². The van der Waals surface area contributed by atoms with E-state index >= 15 is 0 Å². The molecule has 0 aliphatic rings. The van der Waals surface area contributed by atoms with Crippen molar-refractivity contribution in [2.45, 2.75) is 19.4 Å². The van der Waals surface area contributed by atoms with E-state index in [1.54, 1.807) is 11.3 Å². The third kappa shape index (κ3) is 3.80. The summed E-state index contributed by atoms with van der Waals surface area (Å²) in [4.78, 5) is 11.6. The summed E-state index contributed by atoms with van der Waals surface area (Å²) >= 11 is 13.1. The number of rotatable bonds is 4. The predicted molar refractivity (Wildman–Crippen MR) is 71.0 cm³/mol. The number of anilines is 1. The largest absolute Gasteiger partial charge is 0.351 e. The van der Waals surface area contributed by atoms with Gasteiger partial charge in [-0.3, -0.25) is 0 Å². The molecule has 17 heavy (non-hydrogen) atoms. The molecule has 1 N–H and O–H groups in total. The Morgan fingerprint density at radius 1 is 1.29 bits per heavy atom. The van der Waals surface area contributed by atoms with Crippen molar-refractivity contribution in [2.24, 2.45) is 0 Å². The van der Waals surface area contributed by atoms with Gasteiger partial charge in [0.2, 0.25) is 16.5 Å². The summed E-state index contributed by atoms with van der Waals surface area (Å²) in [5.41, 5.74) is 1.28. The third-order valence-corrected chi connectivity index (χ3v) is 3.15. The second-order valence-corrected chi connectivity index (χ2v) is 5.03. The molecule has 2 rings (SSSR count). The minimum atomic E-state index is 0.0928. The van der Waals surface area contributed by atoms with Gasteiger partial charge in [-0.05, 0) is 58.9 Å². The van der Waals surface area contributed by atoms with Crippen molar-refractivity contribution in [1.29, 1.82) is 0 Å². The van der Waals surface area contributed by atoms with Gasteiger partial charge in [0, 0.05) is 6.04 Å². The van der Waals surface area contributed by atoms with Crippen LogP contribution in [-0.2, 0) is 6.42 Å². The van der Waals surface area contributed by atoms with E-state index in [4.69, 9.17) is 23.2 Å². The highest BCUT2D eigenvalue weighted by atomic mass is 35.5. The molecular formula is C10H10Cl2N4S. The molecule has 0 fully saturated rings. The first-order chi connectivity index (χ1) is 8.13. The SMILES string of the molecule is CC(Cc1ccsc1)Nc1nc(Cl)nc(Cl)n1. The van der Waals surface area contributed by atoms with Gasteiger partial charge in [0.05, 0.1) is 0 Å². The van der Waals surface area contributed by atoms with Crippen LogP contribution in [0.25, 0.3) is 0 Å². The summed E-state index contributed by atoms with van der Waals surface area (Å²) in [5.74, 6) is 0.401. The maximum Gasteiger partial charge on any atom is 0.228 e. The molecule has 2 heterocycles. The van der Waals surface area contributed by atoms with E-state index in [0.717, 1.165) is 6.42 Å². The van der Waals surface area contributed by atoms with Crippen LogP contribution in [0.4, 0.5) is 5.95 Å². The molecule has 1 atom stereocenters. The molecule has 0 aliphatic heterocycles. The molecule has 0 spiro atoms. The van der Waals surface area contributed by atoms with Crippen LogP contribution in [0.5, 0.6) is 0 Å². The van der Waals surface area contributed by atoms with E-state index in [1.807, 2.05) is 6.92 Å². The fourth-order valence-corrected chi connectivity index (χ4v) is 2.47. The smallest absolute Gasteiger partial charge is 0.228 e. The van der Waals surface area contributed by atoms with Crippen molar-refractivity contribution < 1.29 is 0 Å². The summed E-state index contributed by atoms with van der Waals surface area (Å²) in [7, 11) is 0. The van der Waals surface area contributed by atoms with Crippen molar-refractivity contribution in [3.05, 3.63) is 33.0 Å². The molecule has 1 unspecified atom stereocenters. The topological polar surface area (TPSA) is 50.7 Å². The fourth-order valence-electron chi connectivity index (χ4n) is 1.42. The lowest BCUT2D eigenvalue weighted by Gasteiger charge is -2.12. The lowest BCUT2D eigenvalue weighted by atomic mass is 10.1. The second kappa shape index (κ2) is 5.62. The number of thiophene rings is 1. The molecule has 0 saturated carbocycles. The van der Waals surface area contributed by atoms with Crippen molar-refractivity contribution >= 4 is 40.5 Å². The minimum Gasteiger partial charge on any atom is -0.351 e. The fraction of sp³-hybridized carbons (Fsp3) is 0.300. The van der Waals surface area contributed by atoms with E-state index in [2.05, 4.69) is 37.1 Å². The second-order valence-electron chi connectivity index (χ2n) is 3.58. The van der Waals surface area contributed by atoms with Gasteiger partial charge in [0.1, 0.15) is 0 Å². The van der Waals surface area contributed by atoms with Crippen molar-refractivity contribution in [1.82, 2.24) is 15.0 Å². The predicted octanol–water partition coefficient (Wildman–Crippen LogP) is 3.28. The molecule has 0 aromatic carbocycles. The zero-order chi connectivity index (χ0) is 12.3. The number of nitrogens with one attached hydrogen (secondary N) is 1. The summed E-state index contributed by atoms with van der Waals surface area (Å²) in [5, 5.41) is 7.49. The van der Waals surface area contributed by atoms with Crippen LogP contribution >= 0.6 is 34.5 Å². The van der Waals surface area contributed by atoms with Gasteiger partial charge >= 0.3 is 0 Å². The monoisotopic (exact) mass is 288 g/mol. The summed E-state index contributed by atoms with van der Waals surface area (Å²) in [6.45, 7) is 2.04. The molecule has 2 aromatic heterocycles.